The Morgan fingerprint density at radius 1 is 1.19 bits per heavy atom. The number of hydrogen-bond acceptors (Lipinski definition) is 3. The zero-order valence-corrected chi connectivity index (χ0v) is 8.63. The smallest absolute Gasteiger partial charge is 0.111 e. The first kappa shape index (κ1) is 10.5. The summed E-state index contributed by atoms with van der Waals surface area (Å²) in [7, 11) is 0. The van der Waals surface area contributed by atoms with Crippen molar-refractivity contribution in [1.82, 2.24) is 0 Å². The van der Waals surface area contributed by atoms with Crippen LogP contribution in [0.1, 0.15) is 23.7 Å². The quantitative estimate of drug-likeness (QED) is 0.777. The highest BCUT2D eigenvalue weighted by atomic mass is 16.4. The van der Waals surface area contributed by atoms with Gasteiger partial charge in [0.25, 0.3) is 0 Å². The standard InChI is InChI=1S/C13H12O3/c14-13(15)9-11(12-7-4-8-16-12)10-5-2-1-3-6-10/h1-8,11H,9H2,(H,14,15)/p-1. The molecule has 1 aromatic carbocycles. The summed E-state index contributed by atoms with van der Waals surface area (Å²) in [5.41, 5.74) is 0.918. The molecule has 0 amide bonds. The molecule has 16 heavy (non-hydrogen) atoms. The molecule has 0 radical (unpaired) electrons. The van der Waals surface area contributed by atoms with Gasteiger partial charge in [0.15, 0.2) is 0 Å². The van der Waals surface area contributed by atoms with Gasteiger partial charge in [-0.2, -0.15) is 0 Å². The third-order valence-electron chi connectivity index (χ3n) is 2.46. The van der Waals surface area contributed by atoms with E-state index >= 15 is 0 Å². The van der Waals surface area contributed by atoms with Crippen LogP contribution in [0.5, 0.6) is 0 Å². The first-order chi connectivity index (χ1) is 7.77. The van der Waals surface area contributed by atoms with Crippen LogP contribution in [0, 0.1) is 0 Å². The molecule has 0 aliphatic rings. The predicted octanol–water partition coefficient (Wildman–Crippen LogP) is 1.55. The molecule has 0 aliphatic carbocycles. The van der Waals surface area contributed by atoms with Gasteiger partial charge in [-0.05, 0) is 17.7 Å². The number of hydrogen-bond donors (Lipinski definition) is 0. The molecule has 2 aromatic rings. The number of carboxylic acids is 1. The van der Waals surface area contributed by atoms with Crippen molar-refractivity contribution in [3.63, 3.8) is 0 Å². The van der Waals surface area contributed by atoms with E-state index in [9.17, 15) is 9.90 Å². The minimum absolute atomic E-state index is 0.0719. The van der Waals surface area contributed by atoms with E-state index in [2.05, 4.69) is 0 Å². The molecule has 2 rings (SSSR count). The van der Waals surface area contributed by atoms with Crippen molar-refractivity contribution in [3.05, 3.63) is 60.1 Å². The van der Waals surface area contributed by atoms with Crippen molar-refractivity contribution in [2.75, 3.05) is 0 Å². The molecule has 82 valence electrons. The fraction of sp³-hybridized carbons (Fsp3) is 0.154. The summed E-state index contributed by atoms with van der Waals surface area (Å²) >= 11 is 0. The summed E-state index contributed by atoms with van der Waals surface area (Å²) in [5, 5.41) is 10.7. The van der Waals surface area contributed by atoms with Crippen molar-refractivity contribution in [1.29, 1.82) is 0 Å². The molecule has 0 aliphatic heterocycles. The number of rotatable bonds is 4. The molecule has 0 saturated heterocycles. The highest BCUT2D eigenvalue weighted by Gasteiger charge is 2.16. The van der Waals surface area contributed by atoms with Crippen molar-refractivity contribution in [2.45, 2.75) is 12.3 Å². The summed E-state index contributed by atoms with van der Waals surface area (Å²) in [6.45, 7) is 0. The molecule has 3 heteroatoms. The molecule has 1 atom stereocenters. The average Bonchev–Trinajstić information content (AvgIpc) is 2.80. The van der Waals surface area contributed by atoms with Crippen LogP contribution < -0.4 is 5.11 Å². The van der Waals surface area contributed by atoms with Gasteiger partial charge in [0.2, 0.25) is 0 Å². The maximum Gasteiger partial charge on any atom is 0.111 e. The molecule has 0 fully saturated rings. The molecule has 0 saturated carbocycles. The molecule has 0 N–H and O–H groups in total. The third kappa shape index (κ3) is 2.31. The third-order valence-corrected chi connectivity index (χ3v) is 2.46. The van der Waals surface area contributed by atoms with E-state index in [1.165, 1.54) is 0 Å². The first-order valence-electron chi connectivity index (χ1n) is 5.05. The second-order valence-electron chi connectivity index (χ2n) is 3.55. The number of carboxylic acid groups (broad SMARTS) is 1. The SMILES string of the molecule is O=C([O-])CC(c1ccccc1)c1ccco1. The van der Waals surface area contributed by atoms with E-state index in [1.54, 1.807) is 18.4 Å². The van der Waals surface area contributed by atoms with Gasteiger partial charge in [-0.1, -0.05) is 30.3 Å². The summed E-state index contributed by atoms with van der Waals surface area (Å²) in [4.78, 5) is 10.7. The maximum atomic E-state index is 10.7. The van der Waals surface area contributed by atoms with Gasteiger partial charge in [-0.15, -0.1) is 0 Å². The van der Waals surface area contributed by atoms with Gasteiger partial charge in [-0.3, -0.25) is 0 Å². The number of carbonyl (C=O) groups excluding carboxylic acids is 1. The van der Waals surface area contributed by atoms with E-state index in [-0.39, 0.29) is 12.3 Å². The largest absolute Gasteiger partial charge is 0.550 e. The molecule has 0 bridgehead atoms. The van der Waals surface area contributed by atoms with E-state index in [0.29, 0.717) is 5.76 Å². The molecule has 0 spiro atoms. The van der Waals surface area contributed by atoms with Crippen molar-refractivity contribution in [3.8, 4) is 0 Å². The zero-order valence-electron chi connectivity index (χ0n) is 8.63. The van der Waals surface area contributed by atoms with Gasteiger partial charge in [-0.25, -0.2) is 0 Å². The number of benzene rings is 1. The molecule has 1 aromatic heterocycles. The number of furan rings is 1. The molecule has 1 unspecified atom stereocenters. The topological polar surface area (TPSA) is 53.3 Å². The molecule has 3 nitrogen and oxygen atoms in total. The zero-order chi connectivity index (χ0) is 11.4. The fourth-order valence-electron chi connectivity index (χ4n) is 1.72. The minimum Gasteiger partial charge on any atom is -0.550 e. The van der Waals surface area contributed by atoms with Crippen molar-refractivity contribution < 1.29 is 14.3 Å². The van der Waals surface area contributed by atoms with E-state index in [0.717, 1.165) is 5.56 Å². The van der Waals surface area contributed by atoms with Crippen LogP contribution in [0.2, 0.25) is 0 Å². The molecular formula is C13H11O3-. The lowest BCUT2D eigenvalue weighted by molar-refractivity contribution is -0.306. The average molecular weight is 215 g/mol. The van der Waals surface area contributed by atoms with Crippen LogP contribution in [-0.2, 0) is 4.79 Å². The van der Waals surface area contributed by atoms with Gasteiger partial charge >= 0.3 is 0 Å². The monoisotopic (exact) mass is 215 g/mol. The Balaban J connectivity index is 2.32. The minimum atomic E-state index is -1.08. The summed E-state index contributed by atoms with van der Waals surface area (Å²) in [5.74, 6) is -0.707. The second kappa shape index (κ2) is 4.66. The Bertz CT molecular complexity index is 445. The van der Waals surface area contributed by atoms with Crippen molar-refractivity contribution >= 4 is 5.97 Å². The lowest BCUT2D eigenvalue weighted by atomic mass is 9.93. The van der Waals surface area contributed by atoms with Crippen LogP contribution in [0.15, 0.2) is 53.1 Å². The van der Waals surface area contributed by atoms with Gasteiger partial charge in [0.1, 0.15) is 5.76 Å². The predicted molar refractivity (Wildman–Crippen MR) is 56.6 cm³/mol. The molecule has 1 heterocycles. The van der Waals surface area contributed by atoms with Crippen LogP contribution in [0.4, 0.5) is 0 Å². The fourth-order valence-corrected chi connectivity index (χ4v) is 1.72. The van der Waals surface area contributed by atoms with E-state index in [1.807, 2.05) is 30.3 Å². The van der Waals surface area contributed by atoms with Gasteiger partial charge < -0.3 is 14.3 Å². The second-order valence-corrected chi connectivity index (χ2v) is 3.55. The van der Waals surface area contributed by atoms with Crippen LogP contribution in [0.3, 0.4) is 0 Å². The Hall–Kier alpha value is -2.03. The highest BCUT2D eigenvalue weighted by molar-refractivity contribution is 5.66. The molecular weight excluding hydrogens is 204 g/mol. The Kier molecular flexibility index (Phi) is 3.05. The maximum absolute atomic E-state index is 10.7. The Morgan fingerprint density at radius 3 is 2.50 bits per heavy atom. The van der Waals surface area contributed by atoms with Gasteiger partial charge in [0.05, 0.1) is 6.26 Å². The van der Waals surface area contributed by atoms with Crippen molar-refractivity contribution in [2.24, 2.45) is 0 Å². The summed E-state index contributed by atoms with van der Waals surface area (Å²) in [6, 6.07) is 12.9. The van der Waals surface area contributed by atoms with E-state index < -0.39 is 5.97 Å². The lowest BCUT2D eigenvalue weighted by Crippen LogP contribution is -2.24. The number of aliphatic carboxylic acids is 1. The Morgan fingerprint density at radius 2 is 1.94 bits per heavy atom. The van der Waals surface area contributed by atoms with Crippen LogP contribution in [0.25, 0.3) is 0 Å². The Labute approximate surface area is 93.3 Å². The van der Waals surface area contributed by atoms with Crippen LogP contribution >= 0.6 is 0 Å². The summed E-state index contributed by atoms with van der Waals surface area (Å²) in [6.07, 6.45) is 1.47. The van der Waals surface area contributed by atoms with Gasteiger partial charge in [0, 0.05) is 18.3 Å². The van der Waals surface area contributed by atoms with E-state index in [4.69, 9.17) is 4.42 Å². The number of carbonyl (C=O) groups is 1. The normalized spacial score (nSPS) is 12.2. The first-order valence-corrected chi connectivity index (χ1v) is 5.05. The summed E-state index contributed by atoms with van der Waals surface area (Å²) < 4.78 is 5.26. The van der Waals surface area contributed by atoms with Crippen LogP contribution in [-0.4, -0.2) is 5.97 Å². The lowest BCUT2D eigenvalue weighted by Gasteiger charge is -2.15. The highest BCUT2D eigenvalue weighted by Crippen LogP contribution is 2.27.